The number of phenols is 1. The smallest absolute Gasteiger partial charge is 0.115 e. The van der Waals surface area contributed by atoms with E-state index in [9.17, 15) is 5.11 Å². The second-order valence-corrected chi connectivity index (χ2v) is 5.22. The summed E-state index contributed by atoms with van der Waals surface area (Å²) in [7, 11) is 2.24. The van der Waals surface area contributed by atoms with Gasteiger partial charge in [-0.2, -0.15) is 0 Å². The van der Waals surface area contributed by atoms with E-state index in [1.807, 2.05) is 12.1 Å². The van der Waals surface area contributed by atoms with Gasteiger partial charge in [-0.1, -0.05) is 6.07 Å². The van der Waals surface area contributed by atoms with Crippen molar-refractivity contribution < 1.29 is 5.11 Å². The maximum absolute atomic E-state index is 9.63. The number of likely N-dealkylation sites (tertiary alicyclic amines) is 1. The minimum atomic E-state index is 0.424. The van der Waals surface area contributed by atoms with Crippen molar-refractivity contribution in [3.05, 3.63) is 29.3 Å². The van der Waals surface area contributed by atoms with Crippen LogP contribution in [0.4, 0.5) is 0 Å². The molecule has 1 fully saturated rings. The van der Waals surface area contributed by atoms with Gasteiger partial charge in [0, 0.05) is 6.04 Å². The standard InChI is InChI=1S/C14H19NO/c1-15-8-2-3-12-13-9-11(16)6-4-10(13)5-7-14(12)15/h4,6,9,12,14,16H,2-3,5,7-8H2,1H3. The zero-order chi connectivity index (χ0) is 11.1. The number of hydrogen-bond acceptors (Lipinski definition) is 2. The molecule has 0 bridgehead atoms. The van der Waals surface area contributed by atoms with Gasteiger partial charge in [-0.25, -0.2) is 0 Å². The van der Waals surface area contributed by atoms with E-state index in [2.05, 4.69) is 18.0 Å². The summed E-state index contributed by atoms with van der Waals surface area (Å²) >= 11 is 0. The minimum absolute atomic E-state index is 0.424. The van der Waals surface area contributed by atoms with Gasteiger partial charge in [0.25, 0.3) is 0 Å². The minimum Gasteiger partial charge on any atom is -0.508 e. The first-order valence-corrected chi connectivity index (χ1v) is 6.28. The molecule has 1 N–H and O–H groups in total. The molecule has 2 nitrogen and oxygen atoms in total. The van der Waals surface area contributed by atoms with Crippen LogP contribution in [0, 0.1) is 0 Å². The molecule has 0 saturated carbocycles. The summed E-state index contributed by atoms with van der Waals surface area (Å²) < 4.78 is 0. The molecule has 1 aliphatic heterocycles. The van der Waals surface area contributed by atoms with Crippen LogP contribution in [-0.4, -0.2) is 29.6 Å². The van der Waals surface area contributed by atoms with Crippen molar-refractivity contribution >= 4 is 0 Å². The summed E-state index contributed by atoms with van der Waals surface area (Å²) in [5.41, 5.74) is 2.86. The van der Waals surface area contributed by atoms with Gasteiger partial charge in [-0.3, -0.25) is 0 Å². The molecule has 2 heteroatoms. The highest BCUT2D eigenvalue weighted by molar-refractivity contribution is 5.40. The van der Waals surface area contributed by atoms with E-state index in [1.165, 1.54) is 43.4 Å². The highest BCUT2D eigenvalue weighted by Crippen LogP contribution is 2.41. The molecule has 2 unspecified atom stereocenters. The van der Waals surface area contributed by atoms with Crippen LogP contribution < -0.4 is 0 Å². The van der Waals surface area contributed by atoms with E-state index in [-0.39, 0.29) is 0 Å². The molecular formula is C14H19NO. The normalized spacial score (nSPS) is 29.6. The number of phenolic OH excluding ortho intramolecular Hbond substituents is 1. The Kier molecular flexibility index (Phi) is 2.40. The number of piperidine rings is 1. The van der Waals surface area contributed by atoms with Crippen molar-refractivity contribution in [3.8, 4) is 5.75 Å². The first-order chi connectivity index (χ1) is 7.75. The number of likely N-dealkylation sites (N-methyl/N-ethyl adjacent to an activating group) is 1. The van der Waals surface area contributed by atoms with Gasteiger partial charge in [0.1, 0.15) is 5.75 Å². The first-order valence-electron chi connectivity index (χ1n) is 6.28. The van der Waals surface area contributed by atoms with Crippen molar-refractivity contribution in [1.82, 2.24) is 4.90 Å². The molecule has 3 rings (SSSR count). The van der Waals surface area contributed by atoms with Crippen LogP contribution in [0.25, 0.3) is 0 Å². The van der Waals surface area contributed by atoms with Crippen LogP contribution in [0.5, 0.6) is 5.75 Å². The molecule has 1 saturated heterocycles. The lowest BCUT2D eigenvalue weighted by Gasteiger charge is -2.43. The Bertz CT molecular complexity index is 402. The highest BCUT2D eigenvalue weighted by Gasteiger charge is 2.34. The van der Waals surface area contributed by atoms with Gasteiger partial charge in [-0.15, -0.1) is 0 Å². The monoisotopic (exact) mass is 217 g/mol. The van der Waals surface area contributed by atoms with Gasteiger partial charge in [0.05, 0.1) is 0 Å². The maximum atomic E-state index is 9.63. The fourth-order valence-corrected chi connectivity index (χ4v) is 3.47. The number of fused-ring (bicyclic) bond motifs is 3. The second kappa shape index (κ2) is 3.77. The van der Waals surface area contributed by atoms with Gasteiger partial charge in [0.15, 0.2) is 0 Å². The Morgan fingerprint density at radius 1 is 1.31 bits per heavy atom. The van der Waals surface area contributed by atoms with E-state index in [0.717, 1.165) is 0 Å². The molecule has 2 atom stereocenters. The number of aryl methyl sites for hydroxylation is 1. The molecule has 0 amide bonds. The first kappa shape index (κ1) is 10.2. The van der Waals surface area contributed by atoms with Gasteiger partial charge in [0.2, 0.25) is 0 Å². The summed E-state index contributed by atoms with van der Waals surface area (Å²) in [5, 5.41) is 9.63. The molecule has 2 aliphatic rings. The summed E-state index contributed by atoms with van der Waals surface area (Å²) in [6, 6.07) is 6.62. The van der Waals surface area contributed by atoms with Crippen molar-refractivity contribution in [3.63, 3.8) is 0 Å². The van der Waals surface area contributed by atoms with Crippen LogP contribution in [0.15, 0.2) is 18.2 Å². The van der Waals surface area contributed by atoms with E-state index in [0.29, 0.717) is 17.7 Å². The molecular weight excluding hydrogens is 198 g/mol. The molecule has 1 aliphatic carbocycles. The topological polar surface area (TPSA) is 23.5 Å². The zero-order valence-electron chi connectivity index (χ0n) is 9.82. The number of nitrogens with zero attached hydrogens (tertiary/aromatic N) is 1. The van der Waals surface area contributed by atoms with E-state index >= 15 is 0 Å². The van der Waals surface area contributed by atoms with E-state index < -0.39 is 0 Å². The lowest BCUT2D eigenvalue weighted by Crippen LogP contribution is -2.43. The quantitative estimate of drug-likeness (QED) is 0.722. The van der Waals surface area contributed by atoms with E-state index in [4.69, 9.17) is 0 Å². The third kappa shape index (κ3) is 1.52. The molecule has 16 heavy (non-hydrogen) atoms. The third-order valence-electron chi connectivity index (χ3n) is 4.29. The summed E-state index contributed by atoms with van der Waals surface area (Å²) in [5.74, 6) is 1.07. The number of hydrogen-bond donors (Lipinski definition) is 1. The van der Waals surface area contributed by atoms with Crippen molar-refractivity contribution in [2.24, 2.45) is 0 Å². The molecule has 0 radical (unpaired) electrons. The van der Waals surface area contributed by atoms with Crippen LogP contribution in [0.1, 0.15) is 36.3 Å². The Balaban J connectivity index is 2.01. The molecule has 1 heterocycles. The Labute approximate surface area is 96.9 Å². The fourth-order valence-electron chi connectivity index (χ4n) is 3.47. The number of rotatable bonds is 0. The largest absolute Gasteiger partial charge is 0.508 e. The van der Waals surface area contributed by atoms with Crippen LogP contribution >= 0.6 is 0 Å². The molecule has 1 aromatic carbocycles. The summed E-state index contributed by atoms with van der Waals surface area (Å²) in [6.45, 7) is 1.23. The number of benzene rings is 1. The van der Waals surface area contributed by atoms with Crippen LogP contribution in [-0.2, 0) is 6.42 Å². The third-order valence-corrected chi connectivity index (χ3v) is 4.29. The highest BCUT2D eigenvalue weighted by atomic mass is 16.3. The fraction of sp³-hybridized carbons (Fsp3) is 0.571. The molecule has 1 aromatic rings. The predicted octanol–water partition coefficient (Wildman–Crippen LogP) is 2.52. The average molecular weight is 217 g/mol. The summed E-state index contributed by atoms with van der Waals surface area (Å²) in [4.78, 5) is 2.50. The average Bonchev–Trinajstić information content (AvgIpc) is 2.29. The molecule has 86 valence electrons. The Hall–Kier alpha value is -1.02. The van der Waals surface area contributed by atoms with Crippen LogP contribution in [0.2, 0.25) is 0 Å². The lowest BCUT2D eigenvalue weighted by atomic mass is 9.74. The zero-order valence-corrected chi connectivity index (χ0v) is 9.82. The van der Waals surface area contributed by atoms with Crippen molar-refractivity contribution in [1.29, 1.82) is 0 Å². The van der Waals surface area contributed by atoms with Gasteiger partial charge >= 0.3 is 0 Å². The van der Waals surface area contributed by atoms with Crippen molar-refractivity contribution in [2.75, 3.05) is 13.6 Å². The molecule has 0 spiro atoms. The predicted molar refractivity (Wildman–Crippen MR) is 64.8 cm³/mol. The second-order valence-electron chi connectivity index (χ2n) is 5.22. The lowest BCUT2D eigenvalue weighted by molar-refractivity contribution is 0.143. The van der Waals surface area contributed by atoms with Crippen molar-refractivity contribution in [2.45, 2.75) is 37.6 Å². The Morgan fingerprint density at radius 2 is 2.19 bits per heavy atom. The Morgan fingerprint density at radius 3 is 3.06 bits per heavy atom. The van der Waals surface area contributed by atoms with Gasteiger partial charge < -0.3 is 10.0 Å². The van der Waals surface area contributed by atoms with E-state index in [1.54, 1.807) is 0 Å². The molecule has 0 aromatic heterocycles. The van der Waals surface area contributed by atoms with Crippen LogP contribution in [0.3, 0.4) is 0 Å². The summed E-state index contributed by atoms with van der Waals surface area (Å²) in [6.07, 6.45) is 5.01. The maximum Gasteiger partial charge on any atom is 0.115 e. The SMILES string of the molecule is CN1CCCC2c3cc(O)ccc3CCC21. The number of aromatic hydroxyl groups is 1. The van der Waals surface area contributed by atoms with Gasteiger partial charge in [-0.05, 0) is 68.5 Å².